The van der Waals surface area contributed by atoms with Crippen LogP contribution >= 0.6 is 0 Å². The van der Waals surface area contributed by atoms with Crippen LogP contribution < -0.4 is 22.9 Å². The summed E-state index contributed by atoms with van der Waals surface area (Å²) < 4.78 is 15.5. The molecule has 4 nitrogen and oxygen atoms in total. The predicted octanol–water partition coefficient (Wildman–Crippen LogP) is 0.941. The minimum absolute atomic E-state index is 0. The molecule has 0 saturated carbocycles. The summed E-state index contributed by atoms with van der Waals surface area (Å²) in [5.74, 6) is -0.254. The van der Waals surface area contributed by atoms with Crippen LogP contribution in [0.1, 0.15) is 42.1 Å². The molecule has 0 radical (unpaired) electrons. The number of nitrogens with zero attached hydrogens (tertiary/aromatic N) is 2. The van der Waals surface area contributed by atoms with Crippen LogP contribution in [0.5, 0.6) is 0 Å². The van der Waals surface area contributed by atoms with Gasteiger partial charge in [0, 0.05) is 23.8 Å². The Labute approximate surface area is 205 Å². The van der Waals surface area contributed by atoms with E-state index in [1.165, 1.54) is 11.6 Å². The summed E-state index contributed by atoms with van der Waals surface area (Å²) in [6, 6.07) is 25.0. The van der Waals surface area contributed by atoms with Crippen LogP contribution in [-0.2, 0) is 13.0 Å². The molecule has 3 aromatic carbocycles. The van der Waals surface area contributed by atoms with Gasteiger partial charge >= 0.3 is 0 Å². The van der Waals surface area contributed by atoms with Crippen molar-refractivity contribution in [2.75, 3.05) is 13.1 Å². The Morgan fingerprint density at radius 1 is 0.882 bits per heavy atom. The van der Waals surface area contributed by atoms with Gasteiger partial charge < -0.3 is 17.3 Å². The van der Waals surface area contributed by atoms with Gasteiger partial charge in [0.15, 0.2) is 0 Å². The summed E-state index contributed by atoms with van der Waals surface area (Å²) in [4.78, 5) is 15.0. The fraction of sp³-hybridized carbons (Fsp3) is 0.286. The Kier molecular flexibility index (Phi) is 7.76. The lowest BCUT2D eigenvalue weighted by Crippen LogP contribution is -3.10. The van der Waals surface area contributed by atoms with Crippen LogP contribution in [0, 0.1) is 5.82 Å². The molecule has 0 spiro atoms. The molecule has 2 unspecified atom stereocenters. The number of likely N-dealkylation sites (tertiary alicyclic amines) is 1. The number of hydrogen-bond acceptors (Lipinski definition) is 2. The highest BCUT2D eigenvalue weighted by atomic mass is 35.5. The van der Waals surface area contributed by atoms with Crippen molar-refractivity contribution in [1.29, 1.82) is 0 Å². The van der Waals surface area contributed by atoms with E-state index in [-0.39, 0.29) is 29.8 Å². The molecule has 0 bridgehead atoms. The number of aromatic nitrogens is 2. The topological polar surface area (TPSA) is 39.3 Å². The number of rotatable bonds is 5. The third kappa shape index (κ3) is 5.37. The Morgan fingerprint density at radius 2 is 1.62 bits per heavy atom. The average molecular weight is 478 g/mol. The maximum atomic E-state index is 13.8. The van der Waals surface area contributed by atoms with Crippen LogP contribution in [0.25, 0.3) is 10.8 Å². The molecule has 1 aliphatic heterocycles. The van der Waals surface area contributed by atoms with Crippen LogP contribution in [0.2, 0.25) is 0 Å². The van der Waals surface area contributed by atoms with Crippen LogP contribution in [-0.4, -0.2) is 22.9 Å². The number of halogens is 2. The van der Waals surface area contributed by atoms with E-state index in [1.807, 2.05) is 30.3 Å². The van der Waals surface area contributed by atoms with E-state index < -0.39 is 0 Å². The van der Waals surface area contributed by atoms with E-state index in [0.717, 1.165) is 55.5 Å². The lowest BCUT2D eigenvalue weighted by atomic mass is 10.0. The van der Waals surface area contributed by atoms with Gasteiger partial charge in [0.05, 0.1) is 30.2 Å². The van der Waals surface area contributed by atoms with Gasteiger partial charge in [-0.3, -0.25) is 4.79 Å². The van der Waals surface area contributed by atoms with Crippen molar-refractivity contribution in [1.82, 2.24) is 9.78 Å². The third-order valence-corrected chi connectivity index (χ3v) is 6.71. The number of nitrogens with one attached hydrogen (secondary N) is 1. The molecule has 4 aromatic rings. The molecule has 2 atom stereocenters. The molecule has 1 N–H and O–H groups in total. The minimum atomic E-state index is -0.254. The lowest BCUT2D eigenvalue weighted by molar-refractivity contribution is -0.913. The summed E-state index contributed by atoms with van der Waals surface area (Å²) >= 11 is 0. The van der Waals surface area contributed by atoms with Crippen molar-refractivity contribution < 1.29 is 21.7 Å². The SMILES string of the molecule is O=c1c2ccccc2c(Cc2cccc(F)c2)nn1C1CCC[NH+](Cc2ccccc2)CC1.[Cl-]. The standard InChI is InChI=1S/C28H28FN3O.ClH/c29-23-11-6-10-22(18-23)19-27-25-13-4-5-14-26(25)28(33)32(30-27)24-12-7-16-31(17-15-24)20-21-8-2-1-3-9-21;/h1-6,8-11,13-14,18,24H,7,12,15-17,19-20H2;1H. The van der Waals surface area contributed by atoms with Crippen LogP contribution in [0.3, 0.4) is 0 Å². The van der Waals surface area contributed by atoms with Gasteiger partial charge in [-0.25, -0.2) is 9.07 Å². The quantitative estimate of drug-likeness (QED) is 0.465. The second-order valence-electron chi connectivity index (χ2n) is 9.05. The van der Waals surface area contributed by atoms with Gasteiger partial charge in [0.1, 0.15) is 12.4 Å². The molecule has 176 valence electrons. The van der Waals surface area contributed by atoms with Gasteiger partial charge in [-0.2, -0.15) is 5.10 Å². The second-order valence-corrected chi connectivity index (χ2v) is 9.05. The fourth-order valence-corrected chi connectivity index (χ4v) is 5.03. The third-order valence-electron chi connectivity index (χ3n) is 6.71. The molecule has 1 fully saturated rings. The van der Waals surface area contributed by atoms with Crippen LogP contribution in [0.4, 0.5) is 4.39 Å². The van der Waals surface area contributed by atoms with Crippen molar-refractivity contribution in [3.8, 4) is 0 Å². The summed E-state index contributed by atoms with van der Waals surface area (Å²) in [6.07, 6.45) is 3.43. The van der Waals surface area contributed by atoms with E-state index in [4.69, 9.17) is 5.10 Å². The largest absolute Gasteiger partial charge is 1.00 e. The molecule has 2 heterocycles. The number of fused-ring (bicyclic) bond motifs is 1. The molecule has 0 amide bonds. The van der Waals surface area contributed by atoms with Crippen molar-refractivity contribution in [3.63, 3.8) is 0 Å². The Morgan fingerprint density at radius 3 is 2.41 bits per heavy atom. The smallest absolute Gasteiger partial charge is 0.274 e. The summed E-state index contributed by atoms with van der Waals surface area (Å²) in [5, 5.41) is 6.42. The molecule has 1 aliphatic rings. The number of benzene rings is 3. The van der Waals surface area contributed by atoms with Crippen molar-refractivity contribution in [2.24, 2.45) is 0 Å². The molecule has 1 saturated heterocycles. The minimum Gasteiger partial charge on any atom is -1.00 e. The first-order valence-corrected chi connectivity index (χ1v) is 11.8. The molecule has 0 aliphatic carbocycles. The summed E-state index contributed by atoms with van der Waals surface area (Å²) in [7, 11) is 0. The molecule has 5 rings (SSSR count). The molecule has 34 heavy (non-hydrogen) atoms. The average Bonchev–Trinajstić information content (AvgIpc) is 3.07. The van der Waals surface area contributed by atoms with E-state index in [1.54, 1.807) is 21.7 Å². The number of quaternary nitrogens is 1. The maximum Gasteiger partial charge on any atom is 0.274 e. The zero-order valence-corrected chi connectivity index (χ0v) is 19.8. The monoisotopic (exact) mass is 477 g/mol. The molecular weight excluding hydrogens is 449 g/mol. The zero-order chi connectivity index (χ0) is 22.6. The van der Waals surface area contributed by atoms with Crippen molar-refractivity contribution in [3.05, 3.63) is 112 Å². The Balaban J connectivity index is 0.00000274. The molecule has 1 aromatic heterocycles. The molecule has 6 heteroatoms. The number of hydrogen-bond donors (Lipinski definition) is 1. The van der Waals surface area contributed by atoms with Crippen LogP contribution in [0.15, 0.2) is 83.7 Å². The highest BCUT2D eigenvalue weighted by Crippen LogP contribution is 2.22. The maximum absolute atomic E-state index is 13.8. The summed E-state index contributed by atoms with van der Waals surface area (Å²) in [6.45, 7) is 3.13. The van der Waals surface area contributed by atoms with Gasteiger partial charge in [-0.1, -0.05) is 60.7 Å². The highest BCUT2D eigenvalue weighted by Gasteiger charge is 2.24. The Bertz CT molecular complexity index is 1310. The van der Waals surface area contributed by atoms with Gasteiger partial charge in [-0.15, -0.1) is 0 Å². The first-order chi connectivity index (χ1) is 16.2. The normalized spacial score (nSPS) is 18.3. The molecular formula is C28H29ClFN3O. The first-order valence-electron chi connectivity index (χ1n) is 11.8. The zero-order valence-electron chi connectivity index (χ0n) is 19.1. The van der Waals surface area contributed by atoms with Gasteiger partial charge in [0.2, 0.25) is 0 Å². The first kappa shape index (κ1) is 24.1. The predicted molar refractivity (Wildman–Crippen MR) is 129 cm³/mol. The van der Waals surface area contributed by atoms with Crippen molar-refractivity contribution >= 4 is 10.8 Å². The summed E-state index contributed by atoms with van der Waals surface area (Å²) in [5.41, 5.74) is 3.01. The lowest BCUT2D eigenvalue weighted by Gasteiger charge is -2.19. The van der Waals surface area contributed by atoms with E-state index >= 15 is 0 Å². The van der Waals surface area contributed by atoms with Crippen molar-refractivity contribution in [2.45, 2.75) is 38.3 Å². The second kappa shape index (κ2) is 10.9. The van der Waals surface area contributed by atoms with Gasteiger partial charge in [-0.05, 0) is 36.6 Å². The van der Waals surface area contributed by atoms with E-state index in [2.05, 4.69) is 30.3 Å². The van der Waals surface area contributed by atoms with E-state index in [0.29, 0.717) is 11.8 Å². The van der Waals surface area contributed by atoms with Gasteiger partial charge in [0.25, 0.3) is 5.56 Å². The highest BCUT2D eigenvalue weighted by molar-refractivity contribution is 5.83. The Hall–Kier alpha value is -3.02. The fourth-order valence-electron chi connectivity index (χ4n) is 5.03. The van der Waals surface area contributed by atoms with E-state index in [9.17, 15) is 9.18 Å².